The van der Waals surface area contributed by atoms with E-state index in [0.717, 1.165) is 27.8 Å². The number of hydrogen-bond donors (Lipinski definition) is 1. The van der Waals surface area contributed by atoms with Gasteiger partial charge in [0.05, 0.1) is 29.7 Å². The first-order chi connectivity index (χ1) is 11.7. The van der Waals surface area contributed by atoms with Crippen LogP contribution in [0.25, 0.3) is 0 Å². The average molecular weight is 384 g/mol. The van der Waals surface area contributed by atoms with Crippen LogP contribution in [0, 0.1) is 0 Å². The predicted molar refractivity (Wildman–Crippen MR) is 99.2 cm³/mol. The van der Waals surface area contributed by atoms with Gasteiger partial charge in [-0.2, -0.15) is 5.10 Å². The minimum absolute atomic E-state index is 0.141. The van der Waals surface area contributed by atoms with Gasteiger partial charge in [-0.25, -0.2) is 0 Å². The van der Waals surface area contributed by atoms with Gasteiger partial charge in [0.25, 0.3) is 5.91 Å². The summed E-state index contributed by atoms with van der Waals surface area (Å²) in [6, 6.07) is 17.7. The van der Waals surface area contributed by atoms with Gasteiger partial charge >= 0.3 is 0 Å². The van der Waals surface area contributed by atoms with Gasteiger partial charge in [0.15, 0.2) is 0 Å². The predicted octanol–water partition coefficient (Wildman–Crippen LogP) is 4.51. The summed E-state index contributed by atoms with van der Waals surface area (Å²) in [6.45, 7) is 2.69. The van der Waals surface area contributed by atoms with Crippen molar-refractivity contribution in [2.24, 2.45) is 0 Å². The highest BCUT2D eigenvalue weighted by atomic mass is 79.9. The second kappa shape index (κ2) is 7.45. The number of carbonyl (C=O) groups excluding carboxylic acids is 1. The Kier molecular flexibility index (Phi) is 5.11. The van der Waals surface area contributed by atoms with Gasteiger partial charge in [-0.3, -0.25) is 9.48 Å². The molecule has 0 aliphatic carbocycles. The monoisotopic (exact) mass is 383 g/mol. The molecule has 0 aliphatic heterocycles. The number of benzene rings is 2. The fraction of sp³-hybridized carbons (Fsp3) is 0.158. The summed E-state index contributed by atoms with van der Waals surface area (Å²) in [5, 5.41) is 7.35. The maximum atomic E-state index is 12.6. The van der Waals surface area contributed by atoms with Gasteiger partial charge in [0.1, 0.15) is 0 Å². The van der Waals surface area contributed by atoms with Crippen LogP contribution in [-0.4, -0.2) is 15.7 Å². The summed E-state index contributed by atoms with van der Waals surface area (Å²) in [5.74, 6) is -0.141. The molecule has 0 bridgehead atoms. The number of halogens is 1. The van der Waals surface area contributed by atoms with Crippen LogP contribution >= 0.6 is 15.9 Å². The standard InChI is InChI=1S/C19H18BrN3O/c1-2-18-15(19(24)22-17-11-7-6-10-16(17)20)12-21-23(18)13-14-8-4-3-5-9-14/h3-12H,2,13H2,1H3,(H,22,24). The Hall–Kier alpha value is -2.40. The van der Waals surface area contributed by atoms with Gasteiger partial charge in [-0.1, -0.05) is 49.4 Å². The first kappa shape index (κ1) is 16.5. The fourth-order valence-electron chi connectivity index (χ4n) is 2.62. The van der Waals surface area contributed by atoms with E-state index in [2.05, 4.69) is 38.5 Å². The van der Waals surface area contributed by atoms with Crippen molar-refractivity contribution in [3.63, 3.8) is 0 Å². The van der Waals surface area contributed by atoms with Crippen LogP contribution in [0.4, 0.5) is 5.69 Å². The normalized spacial score (nSPS) is 10.6. The number of rotatable bonds is 5. The molecule has 1 N–H and O–H groups in total. The van der Waals surface area contributed by atoms with Crippen molar-refractivity contribution in [2.75, 3.05) is 5.32 Å². The first-order valence-electron chi connectivity index (χ1n) is 7.83. The summed E-state index contributed by atoms with van der Waals surface area (Å²) in [6.07, 6.45) is 2.39. The average Bonchev–Trinajstić information content (AvgIpc) is 3.00. The lowest BCUT2D eigenvalue weighted by atomic mass is 10.1. The van der Waals surface area contributed by atoms with Gasteiger partial charge in [-0.15, -0.1) is 0 Å². The molecule has 0 radical (unpaired) electrons. The summed E-state index contributed by atoms with van der Waals surface area (Å²) in [4.78, 5) is 12.6. The van der Waals surface area contributed by atoms with Crippen molar-refractivity contribution >= 4 is 27.5 Å². The van der Waals surface area contributed by atoms with Crippen LogP contribution in [0.2, 0.25) is 0 Å². The van der Waals surface area contributed by atoms with E-state index in [1.54, 1.807) is 6.20 Å². The molecule has 3 rings (SSSR count). The highest BCUT2D eigenvalue weighted by Crippen LogP contribution is 2.22. The van der Waals surface area contributed by atoms with E-state index in [1.807, 2.05) is 54.1 Å². The van der Waals surface area contributed by atoms with Crippen molar-refractivity contribution in [1.82, 2.24) is 9.78 Å². The van der Waals surface area contributed by atoms with E-state index < -0.39 is 0 Å². The van der Waals surface area contributed by atoms with Crippen molar-refractivity contribution in [2.45, 2.75) is 19.9 Å². The zero-order valence-electron chi connectivity index (χ0n) is 13.4. The number of para-hydroxylation sites is 1. The molecule has 0 saturated carbocycles. The quantitative estimate of drug-likeness (QED) is 0.704. The molecule has 0 aliphatic rings. The molecule has 3 aromatic rings. The number of nitrogens with zero attached hydrogens (tertiary/aromatic N) is 2. The van der Waals surface area contributed by atoms with Crippen LogP contribution in [0.1, 0.15) is 28.5 Å². The first-order valence-corrected chi connectivity index (χ1v) is 8.63. The Morgan fingerprint density at radius 1 is 1.12 bits per heavy atom. The summed E-state index contributed by atoms with van der Waals surface area (Å²) in [7, 11) is 0. The van der Waals surface area contributed by atoms with E-state index in [-0.39, 0.29) is 5.91 Å². The highest BCUT2D eigenvalue weighted by molar-refractivity contribution is 9.10. The number of anilines is 1. The van der Waals surface area contributed by atoms with Crippen LogP contribution in [0.5, 0.6) is 0 Å². The molecule has 122 valence electrons. The Morgan fingerprint density at radius 2 is 1.83 bits per heavy atom. The zero-order valence-corrected chi connectivity index (χ0v) is 15.0. The van der Waals surface area contributed by atoms with Crippen LogP contribution in [-0.2, 0) is 13.0 Å². The Bertz CT molecular complexity index is 843. The van der Waals surface area contributed by atoms with E-state index in [4.69, 9.17) is 0 Å². The Morgan fingerprint density at radius 3 is 2.54 bits per heavy atom. The van der Waals surface area contributed by atoms with E-state index in [1.165, 1.54) is 0 Å². The molecule has 0 fully saturated rings. The van der Waals surface area contributed by atoms with Gasteiger partial charge in [0.2, 0.25) is 0 Å². The second-order valence-electron chi connectivity index (χ2n) is 5.44. The Balaban J connectivity index is 1.83. The lowest BCUT2D eigenvalue weighted by Gasteiger charge is -2.09. The van der Waals surface area contributed by atoms with Crippen molar-refractivity contribution in [3.05, 3.63) is 82.1 Å². The SMILES string of the molecule is CCc1c(C(=O)Nc2ccccc2Br)cnn1Cc1ccccc1. The molecule has 4 nitrogen and oxygen atoms in total. The van der Waals surface area contributed by atoms with E-state index in [9.17, 15) is 4.79 Å². The maximum absolute atomic E-state index is 12.6. The van der Waals surface area contributed by atoms with Crippen LogP contribution in [0.15, 0.2) is 65.3 Å². The van der Waals surface area contributed by atoms with Crippen molar-refractivity contribution in [1.29, 1.82) is 0 Å². The molecule has 0 atom stereocenters. The molecule has 1 aromatic heterocycles. The third-order valence-electron chi connectivity index (χ3n) is 3.83. The lowest BCUT2D eigenvalue weighted by molar-refractivity contribution is 0.102. The number of nitrogens with one attached hydrogen (secondary N) is 1. The fourth-order valence-corrected chi connectivity index (χ4v) is 3.00. The molecule has 0 spiro atoms. The maximum Gasteiger partial charge on any atom is 0.259 e. The number of aromatic nitrogens is 2. The van der Waals surface area contributed by atoms with Crippen LogP contribution < -0.4 is 5.32 Å². The third kappa shape index (κ3) is 3.57. The Labute approximate surface area is 149 Å². The number of hydrogen-bond acceptors (Lipinski definition) is 2. The van der Waals surface area contributed by atoms with E-state index in [0.29, 0.717) is 12.1 Å². The third-order valence-corrected chi connectivity index (χ3v) is 4.52. The van der Waals surface area contributed by atoms with Gasteiger partial charge < -0.3 is 5.32 Å². The second-order valence-corrected chi connectivity index (χ2v) is 6.29. The molecule has 2 aromatic carbocycles. The summed E-state index contributed by atoms with van der Waals surface area (Å²) >= 11 is 3.45. The molecular weight excluding hydrogens is 366 g/mol. The molecule has 5 heteroatoms. The lowest BCUT2D eigenvalue weighted by Crippen LogP contribution is -2.15. The molecule has 1 amide bonds. The van der Waals surface area contributed by atoms with Gasteiger partial charge in [-0.05, 0) is 40.0 Å². The highest BCUT2D eigenvalue weighted by Gasteiger charge is 2.17. The minimum Gasteiger partial charge on any atom is -0.321 e. The molecule has 0 unspecified atom stereocenters. The molecule has 0 saturated heterocycles. The van der Waals surface area contributed by atoms with Crippen molar-refractivity contribution < 1.29 is 4.79 Å². The smallest absolute Gasteiger partial charge is 0.259 e. The molecule has 24 heavy (non-hydrogen) atoms. The van der Waals surface area contributed by atoms with E-state index >= 15 is 0 Å². The molecule has 1 heterocycles. The molecular formula is C19H18BrN3O. The summed E-state index contributed by atoms with van der Waals surface area (Å²) in [5.41, 5.74) is 3.46. The van der Waals surface area contributed by atoms with Gasteiger partial charge in [0, 0.05) is 4.47 Å². The van der Waals surface area contributed by atoms with Crippen molar-refractivity contribution in [3.8, 4) is 0 Å². The number of amides is 1. The largest absolute Gasteiger partial charge is 0.321 e. The minimum atomic E-state index is -0.141. The topological polar surface area (TPSA) is 46.9 Å². The number of carbonyl (C=O) groups is 1. The zero-order chi connectivity index (χ0) is 16.9. The summed E-state index contributed by atoms with van der Waals surface area (Å²) < 4.78 is 2.75. The van der Waals surface area contributed by atoms with Crippen LogP contribution in [0.3, 0.4) is 0 Å².